The van der Waals surface area contributed by atoms with Crippen LogP contribution in [0.3, 0.4) is 0 Å². The SMILES string of the molecule is Cc1nn(C)c(C)c1CNc1nccn1C. The molecule has 2 aromatic heterocycles. The average Bonchev–Trinajstić information content (AvgIpc) is 2.72. The molecule has 0 amide bonds. The van der Waals surface area contributed by atoms with E-state index in [1.807, 2.05) is 36.5 Å². The Morgan fingerprint density at radius 3 is 2.56 bits per heavy atom. The van der Waals surface area contributed by atoms with Crippen molar-refractivity contribution in [3.8, 4) is 0 Å². The lowest BCUT2D eigenvalue weighted by atomic mass is 10.2. The normalized spacial score (nSPS) is 10.8. The van der Waals surface area contributed by atoms with E-state index in [-0.39, 0.29) is 0 Å². The van der Waals surface area contributed by atoms with E-state index in [0.717, 1.165) is 18.2 Å². The number of aromatic nitrogens is 4. The van der Waals surface area contributed by atoms with Crippen LogP contribution < -0.4 is 5.32 Å². The summed E-state index contributed by atoms with van der Waals surface area (Å²) >= 11 is 0. The summed E-state index contributed by atoms with van der Waals surface area (Å²) < 4.78 is 3.87. The molecule has 86 valence electrons. The topological polar surface area (TPSA) is 47.7 Å². The lowest BCUT2D eigenvalue weighted by Gasteiger charge is -2.06. The maximum Gasteiger partial charge on any atom is 0.202 e. The fraction of sp³-hybridized carbons (Fsp3) is 0.455. The number of nitrogens with zero attached hydrogens (tertiary/aromatic N) is 4. The molecule has 0 radical (unpaired) electrons. The fourth-order valence-corrected chi connectivity index (χ4v) is 1.78. The van der Waals surface area contributed by atoms with Gasteiger partial charge in [0, 0.05) is 44.3 Å². The van der Waals surface area contributed by atoms with E-state index in [9.17, 15) is 0 Å². The van der Waals surface area contributed by atoms with Gasteiger partial charge in [-0.25, -0.2) is 4.98 Å². The van der Waals surface area contributed by atoms with E-state index in [1.165, 1.54) is 11.3 Å². The number of aryl methyl sites for hydroxylation is 3. The van der Waals surface area contributed by atoms with Crippen molar-refractivity contribution < 1.29 is 0 Å². The van der Waals surface area contributed by atoms with Crippen molar-refractivity contribution in [2.75, 3.05) is 5.32 Å². The molecule has 2 rings (SSSR count). The van der Waals surface area contributed by atoms with Crippen LogP contribution in [-0.4, -0.2) is 19.3 Å². The van der Waals surface area contributed by atoms with E-state index >= 15 is 0 Å². The molecule has 0 unspecified atom stereocenters. The smallest absolute Gasteiger partial charge is 0.202 e. The monoisotopic (exact) mass is 219 g/mol. The van der Waals surface area contributed by atoms with Crippen LogP contribution >= 0.6 is 0 Å². The molecule has 0 fully saturated rings. The first-order chi connectivity index (χ1) is 7.59. The molecule has 0 atom stereocenters. The highest BCUT2D eigenvalue weighted by molar-refractivity contribution is 5.32. The Morgan fingerprint density at radius 2 is 2.06 bits per heavy atom. The minimum Gasteiger partial charge on any atom is -0.351 e. The van der Waals surface area contributed by atoms with Crippen molar-refractivity contribution in [1.29, 1.82) is 0 Å². The van der Waals surface area contributed by atoms with Gasteiger partial charge in [-0.15, -0.1) is 0 Å². The third kappa shape index (κ3) is 1.80. The highest BCUT2D eigenvalue weighted by Crippen LogP contribution is 2.13. The minimum absolute atomic E-state index is 0.760. The standard InChI is InChI=1S/C11H17N5/c1-8-10(9(2)16(4)14-8)7-13-11-12-5-6-15(11)3/h5-6H,7H2,1-4H3,(H,12,13). The van der Waals surface area contributed by atoms with Gasteiger partial charge in [0.15, 0.2) is 0 Å². The molecule has 16 heavy (non-hydrogen) atoms. The molecule has 0 saturated carbocycles. The quantitative estimate of drug-likeness (QED) is 0.848. The van der Waals surface area contributed by atoms with Crippen LogP contribution in [0.15, 0.2) is 12.4 Å². The van der Waals surface area contributed by atoms with Crippen LogP contribution in [0.1, 0.15) is 17.0 Å². The van der Waals surface area contributed by atoms with E-state index < -0.39 is 0 Å². The Kier molecular flexibility index (Phi) is 2.68. The Balaban J connectivity index is 2.13. The molecule has 0 bridgehead atoms. The van der Waals surface area contributed by atoms with Gasteiger partial charge in [0.1, 0.15) is 0 Å². The number of hydrogen-bond donors (Lipinski definition) is 1. The molecule has 0 aliphatic carbocycles. The third-order valence-electron chi connectivity index (χ3n) is 2.90. The summed E-state index contributed by atoms with van der Waals surface area (Å²) in [5.41, 5.74) is 3.51. The van der Waals surface area contributed by atoms with Crippen LogP contribution in [0.4, 0.5) is 5.95 Å². The van der Waals surface area contributed by atoms with Gasteiger partial charge in [-0.05, 0) is 13.8 Å². The van der Waals surface area contributed by atoms with Crippen molar-refractivity contribution in [2.24, 2.45) is 14.1 Å². The zero-order valence-corrected chi connectivity index (χ0v) is 10.2. The van der Waals surface area contributed by atoms with E-state index in [4.69, 9.17) is 0 Å². The fourth-order valence-electron chi connectivity index (χ4n) is 1.78. The zero-order chi connectivity index (χ0) is 11.7. The molecule has 0 spiro atoms. The zero-order valence-electron chi connectivity index (χ0n) is 10.2. The second kappa shape index (κ2) is 4.00. The molecular weight excluding hydrogens is 202 g/mol. The van der Waals surface area contributed by atoms with Gasteiger partial charge in [-0.3, -0.25) is 4.68 Å². The first-order valence-electron chi connectivity index (χ1n) is 5.30. The van der Waals surface area contributed by atoms with Crippen LogP contribution in [0.25, 0.3) is 0 Å². The third-order valence-corrected chi connectivity index (χ3v) is 2.90. The Labute approximate surface area is 95.1 Å². The van der Waals surface area contributed by atoms with Crippen LogP contribution in [-0.2, 0) is 20.6 Å². The van der Waals surface area contributed by atoms with Crippen molar-refractivity contribution in [1.82, 2.24) is 19.3 Å². The Morgan fingerprint density at radius 1 is 1.31 bits per heavy atom. The number of rotatable bonds is 3. The average molecular weight is 219 g/mol. The van der Waals surface area contributed by atoms with Crippen LogP contribution in [0, 0.1) is 13.8 Å². The maximum atomic E-state index is 4.38. The van der Waals surface area contributed by atoms with Crippen LogP contribution in [0.5, 0.6) is 0 Å². The lowest BCUT2D eigenvalue weighted by Crippen LogP contribution is -2.06. The number of anilines is 1. The highest BCUT2D eigenvalue weighted by atomic mass is 15.3. The maximum absolute atomic E-state index is 4.38. The van der Waals surface area contributed by atoms with E-state index in [0.29, 0.717) is 0 Å². The molecule has 5 nitrogen and oxygen atoms in total. The lowest BCUT2D eigenvalue weighted by molar-refractivity contribution is 0.730. The predicted molar refractivity (Wildman–Crippen MR) is 63.2 cm³/mol. The summed E-state index contributed by atoms with van der Waals surface area (Å²) in [6.07, 6.45) is 3.70. The minimum atomic E-state index is 0.760. The van der Waals surface area contributed by atoms with Gasteiger partial charge < -0.3 is 9.88 Å². The first kappa shape index (κ1) is 10.7. The van der Waals surface area contributed by atoms with E-state index in [1.54, 1.807) is 6.20 Å². The molecule has 0 aliphatic rings. The van der Waals surface area contributed by atoms with Gasteiger partial charge in [0.2, 0.25) is 5.95 Å². The molecule has 2 heterocycles. The summed E-state index contributed by atoms with van der Waals surface area (Å²) in [6.45, 7) is 4.87. The van der Waals surface area contributed by atoms with Crippen molar-refractivity contribution in [2.45, 2.75) is 20.4 Å². The Bertz CT molecular complexity index is 494. The van der Waals surface area contributed by atoms with Crippen LogP contribution in [0.2, 0.25) is 0 Å². The molecule has 0 aliphatic heterocycles. The van der Waals surface area contributed by atoms with Crippen molar-refractivity contribution in [3.63, 3.8) is 0 Å². The summed E-state index contributed by atoms with van der Waals surface area (Å²) in [5.74, 6) is 0.877. The largest absolute Gasteiger partial charge is 0.351 e. The molecule has 2 aromatic rings. The molecule has 5 heteroatoms. The molecule has 0 aromatic carbocycles. The van der Waals surface area contributed by atoms with Crippen molar-refractivity contribution in [3.05, 3.63) is 29.3 Å². The van der Waals surface area contributed by atoms with Gasteiger partial charge in [-0.2, -0.15) is 5.10 Å². The molecular formula is C11H17N5. The number of nitrogens with one attached hydrogen (secondary N) is 1. The second-order valence-electron chi connectivity index (χ2n) is 3.99. The first-order valence-corrected chi connectivity index (χ1v) is 5.30. The van der Waals surface area contributed by atoms with Crippen molar-refractivity contribution >= 4 is 5.95 Å². The van der Waals surface area contributed by atoms with Gasteiger partial charge in [0.25, 0.3) is 0 Å². The Hall–Kier alpha value is -1.78. The van der Waals surface area contributed by atoms with E-state index in [2.05, 4.69) is 22.3 Å². The number of imidazole rings is 1. The van der Waals surface area contributed by atoms with Gasteiger partial charge in [-0.1, -0.05) is 0 Å². The summed E-state index contributed by atoms with van der Waals surface area (Å²) in [7, 11) is 3.94. The van der Waals surface area contributed by atoms with Gasteiger partial charge in [0.05, 0.1) is 5.69 Å². The predicted octanol–water partition coefficient (Wildman–Crippen LogP) is 1.38. The number of hydrogen-bond acceptors (Lipinski definition) is 3. The highest BCUT2D eigenvalue weighted by Gasteiger charge is 2.09. The second-order valence-corrected chi connectivity index (χ2v) is 3.99. The molecule has 1 N–H and O–H groups in total. The summed E-state index contributed by atoms with van der Waals surface area (Å²) in [5, 5.41) is 7.69. The van der Waals surface area contributed by atoms with Gasteiger partial charge >= 0.3 is 0 Å². The molecule has 0 saturated heterocycles. The summed E-state index contributed by atoms with van der Waals surface area (Å²) in [6, 6.07) is 0. The summed E-state index contributed by atoms with van der Waals surface area (Å²) in [4.78, 5) is 4.22.